The van der Waals surface area contributed by atoms with Crippen LogP contribution >= 0.6 is 0 Å². The second-order valence-corrected chi connectivity index (χ2v) is 18.5. The largest absolute Gasteiger partial charge is 0.462 e. The second-order valence-electron chi connectivity index (χ2n) is 18.5. The van der Waals surface area contributed by atoms with Crippen LogP contribution in [-0.4, -0.2) is 37.2 Å². The van der Waals surface area contributed by atoms with Crippen LogP contribution in [0.2, 0.25) is 0 Å². The van der Waals surface area contributed by atoms with Gasteiger partial charge in [-0.05, 0) is 83.5 Å². The highest BCUT2D eigenvalue weighted by Gasteiger charge is 2.19. The summed E-state index contributed by atoms with van der Waals surface area (Å²) >= 11 is 0. The number of carbonyl (C=O) groups is 3. The van der Waals surface area contributed by atoms with Crippen molar-refractivity contribution in [2.24, 2.45) is 0 Å². The Balaban J connectivity index is 4.09. The van der Waals surface area contributed by atoms with Gasteiger partial charge < -0.3 is 14.2 Å². The van der Waals surface area contributed by atoms with Crippen LogP contribution in [0.25, 0.3) is 0 Å². The molecule has 0 heterocycles. The van der Waals surface area contributed by atoms with Crippen LogP contribution in [0.1, 0.15) is 278 Å². The Bertz CT molecular complexity index is 1180. The summed E-state index contributed by atoms with van der Waals surface area (Å²) < 4.78 is 16.7. The summed E-state index contributed by atoms with van der Waals surface area (Å²) in [6, 6.07) is 0. The summed E-state index contributed by atoms with van der Waals surface area (Å²) in [7, 11) is 0. The van der Waals surface area contributed by atoms with Crippen molar-refractivity contribution in [2.45, 2.75) is 284 Å². The molecule has 6 nitrogen and oxygen atoms in total. The quantitative estimate of drug-likeness (QED) is 0.0262. The van der Waals surface area contributed by atoms with E-state index < -0.39 is 6.10 Å². The molecular formula is C59H104O6. The summed E-state index contributed by atoms with van der Waals surface area (Å²) in [6.45, 7) is 6.48. The van der Waals surface area contributed by atoms with E-state index in [-0.39, 0.29) is 31.1 Å². The van der Waals surface area contributed by atoms with Gasteiger partial charge in [0.1, 0.15) is 13.2 Å². The lowest BCUT2D eigenvalue weighted by atomic mass is 10.0. The predicted octanol–water partition coefficient (Wildman–Crippen LogP) is 18.4. The Kier molecular flexibility index (Phi) is 51.3. The lowest BCUT2D eigenvalue weighted by Crippen LogP contribution is -2.30. The lowest BCUT2D eigenvalue weighted by molar-refractivity contribution is -0.167. The molecule has 0 saturated carbocycles. The molecule has 0 aromatic rings. The van der Waals surface area contributed by atoms with Crippen molar-refractivity contribution in [1.82, 2.24) is 0 Å². The molecule has 1 unspecified atom stereocenters. The number of ether oxygens (including phenoxy) is 3. The molecular weight excluding hydrogens is 805 g/mol. The number of rotatable bonds is 50. The molecule has 0 aliphatic rings. The van der Waals surface area contributed by atoms with E-state index in [2.05, 4.69) is 81.5 Å². The van der Waals surface area contributed by atoms with E-state index in [1.165, 1.54) is 148 Å². The molecule has 0 N–H and O–H groups in total. The smallest absolute Gasteiger partial charge is 0.306 e. The number of hydrogen-bond acceptors (Lipinski definition) is 6. The summed E-state index contributed by atoms with van der Waals surface area (Å²) in [5.74, 6) is -0.884. The Morgan fingerprint density at radius 3 is 0.969 bits per heavy atom. The molecule has 0 rings (SSSR count). The molecule has 0 bridgehead atoms. The summed E-state index contributed by atoms with van der Waals surface area (Å²) in [4.78, 5) is 37.8. The van der Waals surface area contributed by atoms with E-state index >= 15 is 0 Å². The zero-order chi connectivity index (χ0) is 47.2. The van der Waals surface area contributed by atoms with E-state index in [1.807, 2.05) is 0 Å². The molecule has 0 fully saturated rings. The molecule has 0 amide bonds. The predicted molar refractivity (Wildman–Crippen MR) is 279 cm³/mol. The van der Waals surface area contributed by atoms with Crippen molar-refractivity contribution in [3.05, 3.63) is 60.8 Å². The third-order valence-corrected chi connectivity index (χ3v) is 12.0. The molecule has 0 spiro atoms. The highest BCUT2D eigenvalue weighted by Crippen LogP contribution is 2.16. The minimum absolute atomic E-state index is 0.0752. The topological polar surface area (TPSA) is 78.9 Å². The lowest BCUT2D eigenvalue weighted by Gasteiger charge is -2.18. The van der Waals surface area contributed by atoms with Crippen molar-refractivity contribution in [2.75, 3.05) is 13.2 Å². The number of hydrogen-bond donors (Lipinski definition) is 0. The van der Waals surface area contributed by atoms with Crippen LogP contribution in [-0.2, 0) is 28.6 Å². The third kappa shape index (κ3) is 51.9. The molecule has 1 atom stereocenters. The Hall–Kier alpha value is -2.89. The first kappa shape index (κ1) is 62.1. The van der Waals surface area contributed by atoms with Gasteiger partial charge in [0.2, 0.25) is 0 Å². The van der Waals surface area contributed by atoms with E-state index in [4.69, 9.17) is 14.2 Å². The molecule has 6 heteroatoms. The number of carbonyl (C=O) groups excluding carboxylic acids is 3. The van der Waals surface area contributed by atoms with Gasteiger partial charge in [0.15, 0.2) is 6.10 Å². The fraction of sp³-hybridized carbons (Fsp3) is 0.780. The maximum Gasteiger partial charge on any atom is 0.306 e. The van der Waals surface area contributed by atoms with Crippen molar-refractivity contribution < 1.29 is 28.6 Å². The van der Waals surface area contributed by atoms with E-state index in [0.29, 0.717) is 19.3 Å². The molecule has 65 heavy (non-hydrogen) atoms. The fourth-order valence-electron chi connectivity index (χ4n) is 7.84. The van der Waals surface area contributed by atoms with Gasteiger partial charge in [-0.2, -0.15) is 0 Å². The van der Waals surface area contributed by atoms with Crippen LogP contribution in [0.15, 0.2) is 60.8 Å². The summed E-state index contributed by atoms with van der Waals surface area (Å²) in [5, 5.41) is 0. The SMILES string of the molecule is CC/C=C\C/C=C\C/C=C\C/C=C\CCCCCCCCCCCCCCCCC(=O)OCC(COC(=O)CCCCCCCCC)OC(=O)CCCCCCC/C=C\CCCCCC. The number of esters is 3. The molecule has 0 aliphatic heterocycles. The average molecular weight is 909 g/mol. The molecule has 376 valence electrons. The van der Waals surface area contributed by atoms with Crippen LogP contribution in [0.3, 0.4) is 0 Å². The van der Waals surface area contributed by atoms with Gasteiger partial charge in [-0.25, -0.2) is 0 Å². The van der Waals surface area contributed by atoms with Crippen molar-refractivity contribution >= 4 is 17.9 Å². The van der Waals surface area contributed by atoms with Gasteiger partial charge >= 0.3 is 17.9 Å². The summed E-state index contributed by atoms with van der Waals surface area (Å²) in [6.07, 6.45) is 66.7. The Morgan fingerprint density at radius 2 is 0.600 bits per heavy atom. The van der Waals surface area contributed by atoms with Crippen LogP contribution in [0.4, 0.5) is 0 Å². The van der Waals surface area contributed by atoms with Crippen molar-refractivity contribution in [1.29, 1.82) is 0 Å². The zero-order valence-electron chi connectivity index (χ0n) is 43.0. The molecule has 0 aromatic carbocycles. The van der Waals surface area contributed by atoms with Gasteiger partial charge in [0.25, 0.3) is 0 Å². The first-order valence-electron chi connectivity index (χ1n) is 27.8. The molecule has 0 aromatic heterocycles. The van der Waals surface area contributed by atoms with Gasteiger partial charge in [0.05, 0.1) is 0 Å². The normalized spacial score (nSPS) is 12.5. The highest BCUT2D eigenvalue weighted by atomic mass is 16.6. The monoisotopic (exact) mass is 909 g/mol. The second kappa shape index (κ2) is 53.7. The first-order valence-corrected chi connectivity index (χ1v) is 27.8. The standard InChI is InChI=1S/C59H104O6/c1-4-7-10-13-16-18-20-22-23-24-25-26-27-28-29-30-31-32-33-34-35-37-38-40-43-46-49-52-58(61)64-55-56(54-63-57(60)51-48-45-42-15-12-9-6-3)65-59(62)53-50-47-44-41-39-36-21-19-17-14-11-8-5-2/h7,10,16,18-19,21-23,25-26,56H,4-6,8-9,11-15,17,20,24,27-55H2,1-3H3/b10-7-,18-16-,21-19-,23-22-,26-25-. The van der Waals surface area contributed by atoms with E-state index in [9.17, 15) is 14.4 Å². The fourth-order valence-corrected chi connectivity index (χ4v) is 7.84. The number of unbranched alkanes of at least 4 members (excludes halogenated alkanes) is 29. The molecule has 0 saturated heterocycles. The van der Waals surface area contributed by atoms with Crippen LogP contribution in [0, 0.1) is 0 Å². The van der Waals surface area contributed by atoms with Crippen LogP contribution in [0.5, 0.6) is 0 Å². The van der Waals surface area contributed by atoms with Crippen molar-refractivity contribution in [3.8, 4) is 0 Å². The maximum atomic E-state index is 12.7. The van der Waals surface area contributed by atoms with E-state index in [1.54, 1.807) is 0 Å². The van der Waals surface area contributed by atoms with Crippen LogP contribution < -0.4 is 0 Å². The average Bonchev–Trinajstić information content (AvgIpc) is 3.30. The number of allylic oxidation sites excluding steroid dienone is 10. The van der Waals surface area contributed by atoms with Gasteiger partial charge in [-0.15, -0.1) is 0 Å². The zero-order valence-corrected chi connectivity index (χ0v) is 43.0. The Morgan fingerprint density at radius 1 is 0.323 bits per heavy atom. The van der Waals surface area contributed by atoms with Crippen molar-refractivity contribution in [3.63, 3.8) is 0 Å². The van der Waals surface area contributed by atoms with Gasteiger partial charge in [0, 0.05) is 19.3 Å². The third-order valence-electron chi connectivity index (χ3n) is 12.0. The maximum absolute atomic E-state index is 12.7. The minimum Gasteiger partial charge on any atom is -0.462 e. The first-order chi connectivity index (χ1) is 32.0. The summed E-state index contributed by atoms with van der Waals surface area (Å²) in [5.41, 5.74) is 0. The van der Waals surface area contributed by atoms with Gasteiger partial charge in [-0.3, -0.25) is 14.4 Å². The van der Waals surface area contributed by atoms with E-state index in [0.717, 1.165) is 89.9 Å². The molecule has 0 radical (unpaired) electrons. The highest BCUT2D eigenvalue weighted by molar-refractivity contribution is 5.71. The molecule has 0 aliphatic carbocycles. The minimum atomic E-state index is -0.773. The van der Waals surface area contributed by atoms with Gasteiger partial charge in [-0.1, -0.05) is 236 Å². The Labute approximate surface area is 402 Å².